The van der Waals surface area contributed by atoms with Crippen molar-refractivity contribution in [3.8, 4) is 5.75 Å². The summed E-state index contributed by atoms with van der Waals surface area (Å²) in [5.41, 5.74) is 0.824. The molecule has 0 spiro atoms. The van der Waals surface area contributed by atoms with Crippen LogP contribution >= 0.6 is 0 Å². The predicted octanol–water partition coefficient (Wildman–Crippen LogP) is 1.92. The van der Waals surface area contributed by atoms with E-state index in [1.807, 2.05) is 6.92 Å². The van der Waals surface area contributed by atoms with Gasteiger partial charge in [0.25, 0.3) is 5.91 Å². The van der Waals surface area contributed by atoms with Crippen molar-refractivity contribution in [2.24, 2.45) is 10.9 Å². The van der Waals surface area contributed by atoms with Gasteiger partial charge >= 0.3 is 6.03 Å². The van der Waals surface area contributed by atoms with Crippen LogP contribution in [-0.4, -0.2) is 49.9 Å². The average Bonchev–Trinajstić information content (AvgIpc) is 3.18. The second kappa shape index (κ2) is 8.30. The maximum Gasteiger partial charge on any atom is 0.335 e. The van der Waals surface area contributed by atoms with Gasteiger partial charge in [0.05, 0.1) is 25.4 Å². The molecule has 4 amide bonds. The Balaban J connectivity index is 1.84. The van der Waals surface area contributed by atoms with Gasteiger partial charge in [-0.15, -0.1) is 0 Å². The number of methoxy groups -OCH3 is 1. The van der Waals surface area contributed by atoms with Crippen LogP contribution in [0, 0.1) is 5.92 Å². The van der Waals surface area contributed by atoms with E-state index in [9.17, 15) is 14.4 Å². The van der Waals surface area contributed by atoms with Gasteiger partial charge in [-0.25, -0.2) is 9.69 Å². The highest BCUT2D eigenvalue weighted by atomic mass is 16.5. The van der Waals surface area contributed by atoms with Crippen molar-refractivity contribution in [2.45, 2.75) is 32.3 Å². The highest BCUT2D eigenvalue weighted by molar-refractivity contribution is 6.35. The first kappa shape index (κ1) is 19.0. The predicted molar refractivity (Wildman–Crippen MR) is 99.1 cm³/mol. The van der Waals surface area contributed by atoms with Crippen molar-refractivity contribution in [2.75, 3.05) is 25.2 Å². The van der Waals surface area contributed by atoms with Gasteiger partial charge in [-0.1, -0.05) is 6.92 Å². The molecule has 8 heteroatoms. The van der Waals surface area contributed by atoms with Gasteiger partial charge < -0.3 is 9.47 Å². The molecule has 1 aromatic carbocycles. The van der Waals surface area contributed by atoms with Crippen molar-refractivity contribution in [1.82, 2.24) is 5.32 Å². The number of hydrogen-bond acceptors (Lipinski definition) is 6. The first-order valence-corrected chi connectivity index (χ1v) is 9.02. The van der Waals surface area contributed by atoms with Crippen molar-refractivity contribution < 1.29 is 23.9 Å². The minimum absolute atomic E-state index is 0.0210. The number of imide groups is 2. The van der Waals surface area contributed by atoms with E-state index in [1.165, 1.54) is 7.11 Å². The molecule has 2 saturated heterocycles. The highest BCUT2D eigenvalue weighted by Crippen LogP contribution is 2.25. The quantitative estimate of drug-likeness (QED) is 0.607. The number of rotatable bonds is 6. The fourth-order valence-electron chi connectivity index (χ4n) is 3.26. The highest BCUT2D eigenvalue weighted by Gasteiger charge is 2.43. The number of carbonyl (C=O) groups excluding carboxylic acids is 3. The molecule has 144 valence electrons. The van der Waals surface area contributed by atoms with Crippen LogP contribution in [0.3, 0.4) is 0 Å². The Bertz CT molecular complexity index is 753. The molecule has 2 aliphatic rings. The first-order valence-electron chi connectivity index (χ1n) is 9.02. The van der Waals surface area contributed by atoms with E-state index in [1.54, 1.807) is 24.3 Å². The van der Waals surface area contributed by atoms with Crippen LogP contribution in [0.2, 0.25) is 0 Å². The third-order valence-corrected chi connectivity index (χ3v) is 4.71. The summed E-state index contributed by atoms with van der Waals surface area (Å²) in [6, 6.07) is 5.72. The molecule has 2 atom stereocenters. The SMILES string of the molecule is CCC(=NC[C@@H]1CCCO1)C1C(=O)NC(=O)N(c2ccc(OC)cc2)C1=O. The van der Waals surface area contributed by atoms with Crippen LogP contribution in [0.15, 0.2) is 29.3 Å². The number of ether oxygens (including phenoxy) is 2. The standard InChI is InChI=1S/C19H23N3O5/c1-3-15(20-11-14-5-4-10-27-14)16-17(23)21-19(25)22(18(16)24)12-6-8-13(26-2)9-7-12/h6-9,14,16H,3-5,10-11H2,1-2H3,(H,21,23,25)/t14-,16?/m0/s1. The number of nitrogens with zero attached hydrogens (tertiary/aromatic N) is 2. The zero-order valence-electron chi connectivity index (χ0n) is 15.4. The lowest BCUT2D eigenvalue weighted by Gasteiger charge is -2.30. The number of benzene rings is 1. The molecule has 2 heterocycles. The Labute approximate surface area is 157 Å². The van der Waals surface area contributed by atoms with Crippen LogP contribution < -0.4 is 15.0 Å². The van der Waals surface area contributed by atoms with Crippen LogP contribution in [0.25, 0.3) is 0 Å². The molecule has 1 N–H and O–H groups in total. The molecule has 1 aromatic rings. The lowest BCUT2D eigenvalue weighted by molar-refractivity contribution is -0.131. The number of aliphatic imine (C=N–C) groups is 1. The number of amides is 4. The van der Waals surface area contributed by atoms with Crippen molar-refractivity contribution >= 4 is 29.2 Å². The van der Waals surface area contributed by atoms with Crippen molar-refractivity contribution in [1.29, 1.82) is 0 Å². The maximum absolute atomic E-state index is 13.0. The summed E-state index contributed by atoms with van der Waals surface area (Å²) >= 11 is 0. The molecular weight excluding hydrogens is 350 g/mol. The van der Waals surface area contributed by atoms with E-state index >= 15 is 0 Å². The topological polar surface area (TPSA) is 97.3 Å². The second-order valence-electron chi connectivity index (χ2n) is 6.42. The molecule has 2 aliphatic heterocycles. The Morgan fingerprint density at radius 3 is 2.63 bits per heavy atom. The van der Waals surface area contributed by atoms with Crippen molar-refractivity contribution in [3.05, 3.63) is 24.3 Å². The molecule has 27 heavy (non-hydrogen) atoms. The van der Waals surface area contributed by atoms with Crippen molar-refractivity contribution in [3.63, 3.8) is 0 Å². The number of nitrogens with one attached hydrogen (secondary N) is 1. The lowest BCUT2D eigenvalue weighted by Crippen LogP contribution is -2.60. The van der Waals surface area contributed by atoms with Crippen LogP contribution in [0.4, 0.5) is 10.5 Å². The van der Waals surface area contributed by atoms with Gasteiger partial charge in [-0.05, 0) is 43.5 Å². The first-order chi connectivity index (χ1) is 13.0. The molecule has 8 nitrogen and oxygen atoms in total. The van der Waals surface area contributed by atoms with E-state index in [0.29, 0.717) is 36.7 Å². The molecule has 3 rings (SSSR count). The van der Waals surface area contributed by atoms with Crippen LogP contribution in [0.1, 0.15) is 26.2 Å². The van der Waals surface area contributed by atoms with Gasteiger partial charge in [0.15, 0.2) is 5.92 Å². The number of anilines is 1. The van der Waals surface area contributed by atoms with Crippen LogP contribution in [0.5, 0.6) is 5.75 Å². The Morgan fingerprint density at radius 2 is 2.04 bits per heavy atom. The fraction of sp³-hybridized carbons (Fsp3) is 0.474. The summed E-state index contributed by atoms with van der Waals surface area (Å²) in [5, 5.41) is 2.26. The van der Waals surface area contributed by atoms with E-state index in [-0.39, 0.29) is 6.10 Å². The zero-order chi connectivity index (χ0) is 19.4. The third kappa shape index (κ3) is 4.00. The summed E-state index contributed by atoms with van der Waals surface area (Å²) in [5.74, 6) is -1.75. The number of urea groups is 1. The summed E-state index contributed by atoms with van der Waals surface area (Å²) in [6.45, 7) is 2.96. The normalized spacial score (nSPS) is 23.6. The minimum Gasteiger partial charge on any atom is -0.497 e. The smallest absolute Gasteiger partial charge is 0.335 e. The monoisotopic (exact) mass is 373 g/mol. The lowest BCUT2D eigenvalue weighted by atomic mass is 9.96. The summed E-state index contributed by atoms with van der Waals surface area (Å²) in [6.07, 6.45) is 2.36. The Kier molecular flexibility index (Phi) is 5.85. The molecule has 0 radical (unpaired) electrons. The summed E-state index contributed by atoms with van der Waals surface area (Å²) < 4.78 is 10.6. The van der Waals surface area contributed by atoms with Gasteiger partial charge in [-0.3, -0.25) is 19.9 Å². The average molecular weight is 373 g/mol. The maximum atomic E-state index is 13.0. The van der Waals surface area contributed by atoms with E-state index in [0.717, 1.165) is 17.7 Å². The van der Waals surface area contributed by atoms with E-state index in [2.05, 4.69) is 10.3 Å². The molecule has 0 saturated carbocycles. The second-order valence-corrected chi connectivity index (χ2v) is 6.42. The van der Waals surface area contributed by atoms with Gasteiger partial charge in [-0.2, -0.15) is 0 Å². The van der Waals surface area contributed by atoms with Gasteiger partial charge in [0.2, 0.25) is 5.91 Å². The largest absolute Gasteiger partial charge is 0.497 e. The van der Waals surface area contributed by atoms with E-state index < -0.39 is 23.8 Å². The number of barbiturate groups is 1. The van der Waals surface area contributed by atoms with Gasteiger partial charge in [0.1, 0.15) is 5.75 Å². The molecular formula is C19H23N3O5. The molecule has 0 aromatic heterocycles. The number of carbonyl (C=O) groups is 3. The molecule has 0 aliphatic carbocycles. The summed E-state index contributed by atoms with van der Waals surface area (Å²) in [4.78, 5) is 43.1. The van der Waals surface area contributed by atoms with Gasteiger partial charge in [0, 0.05) is 12.3 Å². The summed E-state index contributed by atoms with van der Waals surface area (Å²) in [7, 11) is 1.53. The Morgan fingerprint density at radius 1 is 1.30 bits per heavy atom. The molecule has 1 unspecified atom stereocenters. The fourth-order valence-corrected chi connectivity index (χ4v) is 3.26. The molecule has 2 fully saturated rings. The Hall–Kier alpha value is -2.74. The van der Waals surface area contributed by atoms with Crippen LogP contribution in [-0.2, 0) is 14.3 Å². The zero-order valence-corrected chi connectivity index (χ0v) is 15.4. The molecule has 0 bridgehead atoms. The number of hydrogen-bond donors (Lipinski definition) is 1. The van der Waals surface area contributed by atoms with E-state index in [4.69, 9.17) is 9.47 Å². The third-order valence-electron chi connectivity index (χ3n) is 4.71. The minimum atomic E-state index is -1.11.